The molecule has 0 amide bonds. The van der Waals surface area contributed by atoms with Gasteiger partial charge in [-0.1, -0.05) is 24.3 Å². The highest BCUT2D eigenvalue weighted by atomic mass is 127. The molecule has 22 heavy (non-hydrogen) atoms. The third kappa shape index (κ3) is 6.43. The van der Waals surface area contributed by atoms with Gasteiger partial charge in [-0.05, 0) is 55.2 Å². The number of rotatable bonds is 5. The number of aryl methyl sites for hydroxylation is 2. The number of hydrogen-bond donors (Lipinski definition) is 2. The van der Waals surface area contributed by atoms with Crippen molar-refractivity contribution in [2.75, 3.05) is 11.9 Å². The Morgan fingerprint density at radius 2 is 1.95 bits per heavy atom. The van der Waals surface area contributed by atoms with Gasteiger partial charge in [0.2, 0.25) is 0 Å². The van der Waals surface area contributed by atoms with E-state index in [9.17, 15) is 4.39 Å². The van der Waals surface area contributed by atoms with E-state index in [0.29, 0.717) is 12.5 Å². The number of nitrogens with one attached hydrogen (secondary N) is 1. The lowest BCUT2D eigenvalue weighted by atomic mass is 10.1. The van der Waals surface area contributed by atoms with Crippen molar-refractivity contribution in [1.29, 1.82) is 0 Å². The van der Waals surface area contributed by atoms with Gasteiger partial charge in [-0.2, -0.15) is 0 Å². The third-order valence-electron chi connectivity index (χ3n) is 3.09. The van der Waals surface area contributed by atoms with Gasteiger partial charge in [-0.25, -0.2) is 4.39 Å². The van der Waals surface area contributed by atoms with Crippen LogP contribution in [0.1, 0.15) is 17.5 Å². The van der Waals surface area contributed by atoms with Crippen LogP contribution in [-0.4, -0.2) is 12.5 Å². The summed E-state index contributed by atoms with van der Waals surface area (Å²) in [6, 6.07) is 14.6. The molecule has 0 aromatic heterocycles. The monoisotopic (exact) mass is 413 g/mol. The van der Waals surface area contributed by atoms with Crippen LogP contribution in [0.4, 0.5) is 10.1 Å². The van der Waals surface area contributed by atoms with Crippen LogP contribution in [0.2, 0.25) is 0 Å². The second-order valence-electron chi connectivity index (χ2n) is 4.99. The van der Waals surface area contributed by atoms with E-state index >= 15 is 0 Å². The van der Waals surface area contributed by atoms with Crippen molar-refractivity contribution in [2.24, 2.45) is 10.7 Å². The van der Waals surface area contributed by atoms with Crippen molar-refractivity contribution in [3.05, 3.63) is 65.5 Å². The van der Waals surface area contributed by atoms with Crippen LogP contribution < -0.4 is 11.1 Å². The summed E-state index contributed by atoms with van der Waals surface area (Å²) in [5, 5.41) is 3.06. The minimum absolute atomic E-state index is 0. The Balaban J connectivity index is 0.00000242. The first-order chi connectivity index (χ1) is 10.1. The predicted molar refractivity (Wildman–Crippen MR) is 101 cm³/mol. The fraction of sp³-hybridized carbons (Fsp3) is 0.235. The van der Waals surface area contributed by atoms with Gasteiger partial charge in [0.15, 0.2) is 5.96 Å². The number of nitrogens with two attached hydrogens (primary N) is 1. The first-order valence-corrected chi connectivity index (χ1v) is 7.01. The van der Waals surface area contributed by atoms with Crippen molar-refractivity contribution in [3.63, 3.8) is 0 Å². The summed E-state index contributed by atoms with van der Waals surface area (Å²) >= 11 is 0. The molecular weight excluding hydrogens is 392 g/mol. The van der Waals surface area contributed by atoms with E-state index in [1.807, 2.05) is 37.3 Å². The first kappa shape index (κ1) is 18.4. The molecule has 2 aromatic rings. The summed E-state index contributed by atoms with van der Waals surface area (Å²) in [5.74, 6) is 0.205. The largest absolute Gasteiger partial charge is 0.370 e. The molecule has 5 heteroatoms. The van der Waals surface area contributed by atoms with Crippen LogP contribution in [-0.2, 0) is 6.42 Å². The SMILES string of the molecule is Cc1cccc(NC(N)=NCCCc2cccc(F)c2)c1.I. The smallest absolute Gasteiger partial charge is 0.193 e. The second kappa shape index (κ2) is 9.40. The number of anilines is 1. The molecule has 0 bridgehead atoms. The molecule has 3 nitrogen and oxygen atoms in total. The van der Waals surface area contributed by atoms with Crippen LogP contribution in [0.15, 0.2) is 53.5 Å². The van der Waals surface area contributed by atoms with E-state index in [2.05, 4.69) is 10.3 Å². The van der Waals surface area contributed by atoms with Crippen molar-refractivity contribution in [2.45, 2.75) is 19.8 Å². The maximum absolute atomic E-state index is 13.0. The second-order valence-corrected chi connectivity index (χ2v) is 4.99. The van der Waals surface area contributed by atoms with Gasteiger partial charge < -0.3 is 11.1 Å². The van der Waals surface area contributed by atoms with Crippen LogP contribution >= 0.6 is 24.0 Å². The van der Waals surface area contributed by atoms with Gasteiger partial charge in [0.05, 0.1) is 0 Å². The molecule has 0 atom stereocenters. The molecule has 0 radical (unpaired) electrons. The van der Waals surface area contributed by atoms with Gasteiger partial charge in [-0.15, -0.1) is 24.0 Å². The molecule has 3 N–H and O–H groups in total. The fourth-order valence-corrected chi connectivity index (χ4v) is 2.09. The molecule has 0 aliphatic carbocycles. The maximum atomic E-state index is 13.0. The van der Waals surface area contributed by atoms with Gasteiger partial charge in [0.25, 0.3) is 0 Å². The lowest BCUT2D eigenvalue weighted by molar-refractivity contribution is 0.624. The predicted octanol–water partition coefficient (Wildman–Crippen LogP) is 4.11. The van der Waals surface area contributed by atoms with Crippen LogP contribution in [0, 0.1) is 12.7 Å². The minimum Gasteiger partial charge on any atom is -0.370 e. The average molecular weight is 413 g/mol. The molecule has 0 aliphatic heterocycles. The van der Waals surface area contributed by atoms with Crippen molar-refractivity contribution >= 4 is 35.6 Å². The summed E-state index contributed by atoms with van der Waals surface area (Å²) in [6.45, 7) is 2.64. The third-order valence-corrected chi connectivity index (χ3v) is 3.09. The van der Waals surface area contributed by atoms with Gasteiger partial charge in [0, 0.05) is 12.2 Å². The molecule has 0 heterocycles. The number of aliphatic imine (C=N–C) groups is 1. The maximum Gasteiger partial charge on any atom is 0.193 e. The Kier molecular flexibility index (Phi) is 7.87. The number of nitrogens with zero attached hydrogens (tertiary/aromatic N) is 1. The number of guanidine groups is 1. The highest BCUT2D eigenvalue weighted by molar-refractivity contribution is 14.0. The standard InChI is InChI=1S/C17H20FN3.HI/c1-13-5-2-9-16(11-13)21-17(19)20-10-4-7-14-6-3-8-15(18)12-14;/h2-3,5-6,8-9,11-12H,4,7,10H2,1H3,(H3,19,20,21);1H. The molecule has 0 aliphatic rings. The van der Waals surface area contributed by atoms with Gasteiger partial charge in [0.1, 0.15) is 5.82 Å². The number of halogens is 2. The summed E-state index contributed by atoms with van der Waals surface area (Å²) in [7, 11) is 0. The van der Waals surface area contributed by atoms with E-state index in [-0.39, 0.29) is 29.8 Å². The van der Waals surface area contributed by atoms with E-state index in [0.717, 1.165) is 24.1 Å². The Morgan fingerprint density at radius 1 is 1.18 bits per heavy atom. The first-order valence-electron chi connectivity index (χ1n) is 7.01. The number of hydrogen-bond acceptors (Lipinski definition) is 1. The zero-order valence-electron chi connectivity index (χ0n) is 12.6. The van der Waals surface area contributed by atoms with E-state index in [4.69, 9.17) is 5.73 Å². The molecule has 0 fully saturated rings. The Labute approximate surface area is 147 Å². The molecule has 0 unspecified atom stereocenters. The quantitative estimate of drug-likeness (QED) is 0.336. The normalized spacial score (nSPS) is 10.9. The minimum atomic E-state index is -0.198. The molecule has 118 valence electrons. The molecule has 0 spiro atoms. The van der Waals surface area contributed by atoms with E-state index < -0.39 is 0 Å². The topological polar surface area (TPSA) is 50.4 Å². The zero-order chi connectivity index (χ0) is 15.1. The van der Waals surface area contributed by atoms with Crippen molar-refractivity contribution in [3.8, 4) is 0 Å². The molecule has 2 rings (SSSR count). The van der Waals surface area contributed by atoms with Crippen molar-refractivity contribution in [1.82, 2.24) is 0 Å². The molecule has 2 aromatic carbocycles. The van der Waals surface area contributed by atoms with Gasteiger partial charge >= 0.3 is 0 Å². The Hall–Kier alpha value is -1.63. The van der Waals surface area contributed by atoms with Gasteiger partial charge in [-0.3, -0.25) is 4.99 Å². The van der Waals surface area contributed by atoms with Crippen LogP contribution in [0.5, 0.6) is 0 Å². The van der Waals surface area contributed by atoms with Crippen molar-refractivity contribution < 1.29 is 4.39 Å². The lowest BCUT2D eigenvalue weighted by Crippen LogP contribution is -2.22. The highest BCUT2D eigenvalue weighted by Gasteiger charge is 1.97. The average Bonchev–Trinajstić information content (AvgIpc) is 2.44. The summed E-state index contributed by atoms with van der Waals surface area (Å²) in [6.07, 6.45) is 1.62. The highest BCUT2D eigenvalue weighted by Crippen LogP contribution is 2.09. The van der Waals surface area contributed by atoms with Crippen LogP contribution in [0.25, 0.3) is 0 Å². The summed E-state index contributed by atoms with van der Waals surface area (Å²) in [5.41, 5.74) is 8.92. The molecule has 0 saturated heterocycles. The lowest BCUT2D eigenvalue weighted by Gasteiger charge is -2.06. The summed E-state index contributed by atoms with van der Waals surface area (Å²) < 4.78 is 13.0. The number of benzene rings is 2. The zero-order valence-corrected chi connectivity index (χ0v) is 14.9. The van der Waals surface area contributed by atoms with E-state index in [1.165, 1.54) is 11.6 Å². The Bertz CT molecular complexity index is 629. The Morgan fingerprint density at radius 3 is 2.68 bits per heavy atom. The fourth-order valence-electron chi connectivity index (χ4n) is 2.09. The van der Waals surface area contributed by atoms with Crippen LogP contribution in [0.3, 0.4) is 0 Å². The molecular formula is C17H21FIN3. The van der Waals surface area contributed by atoms with E-state index in [1.54, 1.807) is 12.1 Å². The summed E-state index contributed by atoms with van der Waals surface area (Å²) in [4.78, 5) is 4.28. The molecule has 0 saturated carbocycles.